The Morgan fingerprint density at radius 3 is 2.43 bits per heavy atom. The molecule has 5 nitrogen and oxygen atoms in total. The van der Waals surface area contributed by atoms with Crippen LogP contribution in [-0.4, -0.2) is 43.9 Å². The molecule has 5 heteroatoms. The molecule has 28 heavy (non-hydrogen) atoms. The SMILES string of the molecule is CC(C)Cc1ccccc1C(=O)NCc1cccc(C(=O)NCCN(C)C)c1. The molecule has 0 unspecified atom stereocenters. The minimum atomic E-state index is -0.0997. The van der Waals surface area contributed by atoms with Gasteiger partial charge in [-0.25, -0.2) is 0 Å². The van der Waals surface area contributed by atoms with E-state index in [0.29, 0.717) is 30.1 Å². The summed E-state index contributed by atoms with van der Waals surface area (Å²) < 4.78 is 0. The summed E-state index contributed by atoms with van der Waals surface area (Å²) in [6, 6.07) is 15.1. The molecule has 0 radical (unpaired) electrons. The van der Waals surface area contributed by atoms with Crippen LogP contribution >= 0.6 is 0 Å². The Morgan fingerprint density at radius 2 is 1.71 bits per heavy atom. The van der Waals surface area contributed by atoms with Crippen molar-refractivity contribution in [2.75, 3.05) is 27.2 Å². The van der Waals surface area contributed by atoms with E-state index in [9.17, 15) is 9.59 Å². The largest absolute Gasteiger partial charge is 0.351 e. The molecule has 0 bridgehead atoms. The second-order valence-corrected chi connectivity index (χ2v) is 7.70. The van der Waals surface area contributed by atoms with Crippen molar-refractivity contribution in [1.82, 2.24) is 15.5 Å². The smallest absolute Gasteiger partial charge is 0.251 e. The summed E-state index contributed by atoms with van der Waals surface area (Å²) in [6.45, 7) is 6.05. The lowest BCUT2D eigenvalue weighted by Crippen LogP contribution is -2.31. The highest BCUT2D eigenvalue weighted by molar-refractivity contribution is 5.96. The molecular formula is C23H31N3O2. The van der Waals surface area contributed by atoms with E-state index < -0.39 is 0 Å². The first-order valence-corrected chi connectivity index (χ1v) is 9.74. The fourth-order valence-corrected chi connectivity index (χ4v) is 2.95. The van der Waals surface area contributed by atoms with Gasteiger partial charge >= 0.3 is 0 Å². The van der Waals surface area contributed by atoms with Crippen LogP contribution < -0.4 is 10.6 Å². The van der Waals surface area contributed by atoms with Gasteiger partial charge in [0.1, 0.15) is 0 Å². The predicted molar refractivity (Wildman–Crippen MR) is 113 cm³/mol. The summed E-state index contributed by atoms with van der Waals surface area (Å²) in [7, 11) is 3.93. The van der Waals surface area contributed by atoms with Gasteiger partial charge in [-0.05, 0) is 55.8 Å². The van der Waals surface area contributed by atoms with Gasteiger partial charge in [0.2, 0.25) is 0 Å². The summed E-state index contributed by atoms with van der Waals surface area (Å²) in [5.74, 6) is 0.297. The number of hydrogen-bond donors (Lipinski definition) is 2. The van der Waals surface area contributed by atoms with E-state index in [2.05, 4.69) is 24.5 Å². The molecule has 150 valence electrons. The lowest BCUT2D eigenvalue weighted by Gasteiger charge is -2.13. The van der Waals surface area contributed by atoms with Crippen LogP contribution in [0.5, 0.6) is 0 Å². The average Bonchev–Trinajstić information content (AvgIpc) is 2.66. The number of hydrogen-bond acceptors (Lipinski definition) is 3. The van der Waals surface area contributed by atoms with Gasteiger partial charge in [-0.2, -0.15) is 0 Å². The highest BCUT2D eigenvalue weighted by Crippen LogP contribution is 2.14. The van der Waals surface area contributed by atoms with E-state index in [1.165, 1.54) is 0 Å². The zero-order valence-electron chi connectivity index (χ0n) is 17.3. The minimum Gasteiger partial charge on any atom is -0.351 e. The lowest BCUT2D eigenvalue weighted by molar-refractivity contribution is 0.0944. The maximum absolute atomic E-state index is 12.6. The zero-order valence-corrected chi connectivity index (χ0v) is 17.3. The maximum atomic E-state index is 12.6. The van der Waals surface area contributed by atoms with Crippen LogP contribution in [0.3, 0.4) is 0 Å². The quantitative estimate of drug-likeness (QED) is 0.702. The zero-order chi connectivity index (χ0) is 20.5. The molecule has 0 spiro atoms. The van der Waals surface area contributed by atoms with Crippen LogP contribution in [0.4, 0.5) is 0 Å². The van der Waals surface area contributed by atoms with Crippen molar-refractivity contribution in [2.24, 2.45) is 5.92 Å². The van der Waals surface area contributed by atoms with E-state index in [0.717, 1.165) is 24.1 Å². The third-order valence-electron chi connectivity index (χ3n) is 4.38. The molecule has 0 aliphatic rings. The minimum absolute atomic E-state index is 0.0860. The summed E-state index contributed by atoms with van der Waals surface area (Å²) in [5, 5.41) is 5.88. The first-order valence-electron chi connectivity index (χ1n) is 9.74. The lowest BCUT2D eigenvalue weighted by atomic mass is 9.97. The fraction of sp³-hybridized carbons (Fsp3) is 0.391. The van der Waals surface area contributed by atoms with Crippen LogP contribution in [-0.2, 0) is 13.0 Å². The average molecular weight is 382 g/mol. The normalized spacial score (nSPS) is 10.9. The first kappa shape index (κ1) is 21.6. The van der Waals surface area contributed by atoms with Crippen molar-refractivity contribution in [3.63, 3.8) is 0 Å². The Bertz CT molecular complexity index is 800. The van der Waals surface area contributed by atoms with Gasteiger partial charge in [0.15, 0.2) is 0 Å². The van der Waals surface area contributed by atoms with Crippen LogP contribution in [0.1, 0.15) is 45.7 Å². The van der Waals surface area contributed by atoms with Gasteiger partial charge in [-0.3, -0.25) is 9.59 Å². The number of rotatable bonds is 9. The number of likely N-dealkylation sites (N-methyl/N-ethyl adjacent to an activating group) is 1. The van der Waals surface area contributed by atoms with Gasteiger partial charge in [-0.15, -0.1) is 0 Å². The summed E-state index contributed by atoms with van der Waals surface area (Å²) >= 11 is 0. The van der Waals surface area contributed by atoms with Crippen LogP contribution in [0, 0.1) is 5.92 Å². The number of amides is 2. The van der Waals surface area contributed by atoms with E-state index in [-0.39, 0.29) is 11.8 Å². The second-order valence-electron chi connectivity index (χ2n) is 7.70. The van der Waals surface area contributed by atoms with Crippen molar-refractivity contribution in [3.05, 3.63) is 70.8 Å². The van der Waals surface area contributed by atoms with Crippen LogP contribution in [0.2, 0.25) is 0 Å². The molecule has 0 aliphatic heterocycles. The number of carbonyl (C=O) groups excluding carboxylic acids is 2. The number of nitrogens with zero attached hydrogens (tertiary/aromatic N) is 1. The fourth-order valence-electron chi connectivity index (χ4n) is 2.95. The van der Waals surface area contributed by atoms with E-state index >= 15 is 0 Å². The van der Waals surface area contributed by atoms with E-state index in [4.69, 9.17) is 0 Å². The Kier molecular flexibility index (Phi) is 8.20. The molecule has 2 aromatic carbocycles. The van der Waals surface area contributed by atoms with Gasteiger partial charge in [0, 0.05) is 30.8 Å². The van der Waals surface area contributed by atoms with Crippen LogP contribution in [0.15, 0.2) is 48.5 Å². The monoisotopic (exact) mass is 381 g/mol. The van der Waals surface area contributed by atoms with Crippen molar-refractivity contribution < 1.29 is 9.59 Å². The molecule has 0 atom stereocenters. The number of carbonyl (C=O) groups is 2. The van der Waals surface area contributed by atoms with Gasteiger partial charge in [0.25, 0.3) is 11.8 Å². The summed E-state index contributed by atoms with van der Waals surface area (Å²) in [5.41, 5.74) is 3.28. The predicted octanol–water partition coefficient (Wildman–Crippen LogP) is 3.11. The number of benzene rings is 2. The standard InChI is InChI=1S/C23H31N3O2/c1-17(2)14-19-9-5-6-11-21(19)23(28)25-16-18-8-7-10-20(15-18)22(27)24-12-13-26(3)4/h5-11,15,17H,12-14,16H2,1-4H3,(H,24,27)(H,25,28). The highest BCUT2D eigenvalue weighted by atomic mass is 16.2. The van der Waals surface area contributed by atoms with Gasteiger partial charge < -0.3 is 15.5 Å². The maximum Gasteiger partial charge on any atom is 0.251 e. The third kappa shape index (κ3) is 6.82. The Morgan fingerprint density at radius 1 is 0.964 bits per heavy atom. The second kappa shape index (κ2) is 10.6. The molecule has 2 aromatic rings. The molecule has 0 saturated carbocycles. The molecule has 2 amide bonds. The Hall–Kier alpha value is -2.66. The molecule has 0 aliphatic carbocycles. The summed E-state index contributed by atoms with van der Waals surface area (Å²) in [4.78, 5) is 26.9. The molecule has 2 N–H and O–H groups in total. The van der Waals surface area contributed by atoms with Crippen molar-refractivity contribution >= 4 is 11.8 Å². The van der Waals surface area contributed by atoms with Crippen molar-refractivity contribution in [3.8, 4) is 0 Å². The molecular weight excluding hydrogens is 350 g/mol. The number of nitrogens with one attached hydrogen (secondary N) is 2. The molecule has 0 heterocycles. The van der Waals surface area contributed by atoms with Crippen molar-refractivity contribution in [1.29, 1.82) is 0 Å². The molecule has 0 saturated heterocycles. The topological polar surface area (TPSA) is 61.4 Å². The third-order valence-corrected chi connectivity index (χ3v) is 4.38. The van der Waals surface area contributed by atoms with Gasteiger partial charge in [-0.1, -0.05) is 44.2 Å². The molecule has 2 rings (SSSR count). The summed E-state index contributed by atoms with van der Waals surface area (Å²) in [6.07, 6.45) is 0.867. The van der Waals surface area contributed by atoms with Crippen LogP contribution in [0.25, 0.3) is 0 Å². The highest BCUT2D eigenvalue weighted by Gasteiger charge is 2.12. The molecule has 0 fully saturated rings. The Labute approximate surface area is 168 Å². The van der Waals surface area contributed by atoms with E-state index in [1.807, 2.05) is 61.5 Å². The molecule has 0 aromatic heterocycles. The van der Waals surface area contributed by atoms with E-state index in [1.54, 1.807) is 6.07 Å². The van der Waals surface area contributed by atoms with Crippen molar-refractivity contribution in [2.45, 2.75) is 26.8 Å². The first-order chi connectivity index (χ1) is 13.4. The Balaban J connectivity index is 1.98. The van der Waals surface area contributed by atoms with Gasteiger partial charge in [0.05, 0.1) is 0 Å².